The molecule has 140 valence electrons. The van der Waals surface area contributed by atoms with E-state index < -0.39 is 17.8 Å². The van der Waals surface area contributed by atoms with Gasteiger partial charge in [0.15, 0.2) is 0 Å². The van der Waals surface area contributed by atoms with E-state index in [-0.39, 0.29) is 5.69 Å². The quantitative estimate of drug-likeness (QED) is 0.754. The first-order valence-electron chi connectivity index (χ1n) is 8.34. The van der Waals surface area contributed by atoms with Gasteiger partial charge in [-0.3, -0.25) is 9.78 Å². The molecule has 1 aliphatic rings. The number of anilines is 1. The van der Waals surface area contributed by atoms with Crippen LogP contribution < -0.4 is 5.32 Å². The Kier molecular flexibility index (Phi) is 4.15. The molecule has 0 bridgehead atoms. The lowest BCUT2D eigenvalue weighted by atomic mass is 9.95. The molecule has 1 aliphatic heterocycles. The SMILES string of the molecule is Cn1cc(C(=O)Nc2ccnc(C(F)(F)F)c2)c2cc(C3COC3)ccc21. The molecule has 0 aliphatic carbocycles. The fraction of sp³-hybridized carbons (Fsp3) is 0.263. The summed E-state index contributed by atoms with van der Waals surface area (Å²) in [5.74, 6) is -0.165. The number of pyridine rings is 1. The summed E-state index contributed by atoms with van der Waals surface area (Å²) in [6.07, 6.45) is -1.87. The van der Waals surface area contributed by atoms with E-state index in [1.807, 2.05) is 29.8 Å². The number of aromatic nitrogens is 2. The van der Waals surface area contributed by atoms with Gasteiger partial charge >= 0.3 is 6.18 Å². The van der Waals surface area contributed by atoms with E-state index in [0.717, 1.165) is 28.7 Å². The van der Waals surface area contributed by atoms with Crippen LogP contribution >= 0.6 is 0 Å². The van der Waals surface area contributed by atoms with Gasteiger partial charge in [0.05, 0.1) is 18.8 Å². The van der Waals surface area contributed by atoms with Gasteiger partial charge < -0.3 is 14.6 Å². The van der Waals surface area contributed by atoms with Gasteiger partial charge in [0.1, 0.15) is 5.69 Å². The summed E-state index contributed by atoms with van der Waals surface area (Å²) in [6, 6.07) is 8.05. The Morgan fingerprint density at radius 2 is 2.04 bits per heavy atom. The summed E-state index contributed by atoms with van der Waals surface area (Å²) in [5, 5.41) is 3.29. The van der Waals surface area contributed by atoms with E-state index in [2.05, 4.69) is 10.3 Å². The monoisotopic (exact) mass is 375 g/mol. The highest BCUT2D eigenvalue weighted by molar-refractivity contribution is 6.13. The third-order valence-corrected chi connectivity index (χ3v) is 4.68. The first-order chi connectivity index (χ1) is 12.8. The average Bonchev–Trinajstić information content (AvgIpc) is 2.89. The summed E-state index contributed by atoms with van der Waals surface area (Å²) >= 11 is 0. The zero-order valence-electron chi connectivity index (χ0n) is 14.4. The van der Waals surface area contributed by atoms with Gasteiger partial charge in [-0.15, -0.1) is 0 Å². The van der Waals surface area contributed by atoms with E-state index in [1.54, 1.807) is 6.20 Å². The van der Waals surface area contributed by atoms with Gasteiger partial charge in [-0.2, -0.15) is 13.2 Å². The summed E-state index contributed by atoms with van der Waals surface area (Å²) < 4.78 is 45.5. The number of aryl methyl sites for hydroxylation is 1. The number of amides is 1. The third kappa shape index (κ3) is 3.28. The highest BCUT2D eigenvalue weighted by atomic mass is 19.4. The van der Waals surface area contributed by atoms with Crippen LogP contribution in [0.5, 0.6) is 0 Å². The van der Waals surface area contributed by atoms with Gasteiger partial charge in [0.25, 0.3) is 5.91 Å². The van der Waals surface area contributed by atoms with E-state index in [0.29, 0.717) is 24.7 Å². The molecular formula is C19H16F3N3O2. The number of hydrogen-bond donors (Lipinski definition) is 1. The molecule has 3 heterocycles. The number of carbonyl (C=O) groups excluding carboxylic acids is 1. The van der Waals surface area contributed by atoms with Crippen molar-refractivity contribution in [2.75, 3.05) is 18.5 Å². The number of fused-ring (bicyclic) bond motifs is 1. The van der Waals surface area contributed by atoms with Gasteiger partial charge in [0.2, 0.25) is 0 Å². The summed E-state index contributed by atoms with van der Waals surface area (Å²) in [6.45, 7) is 1.30. The van der Waals surface area contributed by atoms with Crippen LogP contribution in [0.25, 0.3) is 10.9 Å². The molecule has 27 heavy (non-hydrogen) atoms. The number of nitrogens with one attached hydrogen (secondary N) is 1. The molecular weight excluding hydrogens is 359 g/mol. The molecule has 8 heteroatoms. The van der Waals surface area contributed by atoms with Crippen molar-refractivity contribution in [3.63, 3.8) is 0 Å². The first kappa shape index (κ1) is 17.5. The Balaban J connectivity index is 1.66. The van der Waals surface area contributed by atoms with Crippen molar-refractivity contribution in [1.29, 1.82) is 0 Å². The predicted octanol–water partition coefficient (Wildman–Crippen LogP) is 3.96. The van der Waals surface area contributed by atoms with Crippen molar-refractivity contribution in [3.8, 4) is 0 Å². The number of benzene rings is 1. The van der Waals surface area contributed by atoms with Gasteiger partial charge in [-0.25, -0.2) is 0 Å². The van der Waals surface area contributed by atoms with Crippen molar-refractivity contribution in [2.45, 2.75) is 12.1 Å². The topological polar surface area (TPSA) is 56.2 Å². The molecule has 1 saturated heterocycles. The van der Waals surface area contributed by atoms with E-state index in [4.69, 9.17) is 4.74 Å². The van der Waals surface area contributed by atoms with E-state index in [1.165, 1.54) is 6.07 Å². The Bertz CT molecular complexity index is 1020. The first-order valence-corrected chi connectivity index (χ1v) is 8.34. The van der Waals surface area contributed by atoms with E-state index >= 15 is 0 Å². The van der Waals surface area contributed by atoms with Gasteiger partial charge in [0, 0.05) is 41.9 Å². The lowest BCUT2D eigenvalue weighted by Crippen LogP contribution is -2.24. The minimum Gasteiger partial charge on any atom is -0.380 e. The van der Waals surface area contributed by atoms with Crippen LogP contribution in [-0.4, -0.2) is 28.7 Å². The van der Waals surface area contributed by atoms with Gasteiger partial charge in [-0.05, 0) is 29.8 Å². The van der Waals surface area contributed by atoms with Crippen LogP contribution in [-0.2, 0) is 18.0 Å². The van der Waals surface area contributed by atoms with Crippen molar-refractivity contribution in [1.82, 2.24) is 9.55 Å². The molecule has 1 N–H and O–H groups in total. The minimum absolute atomic E-state index is 0.0443. The number of alkyl halides is 3. The number of halogens is 3. The number of ether oxygens (including phenoxy) is 1. The molecule has 0 unspecified atom stereocenters. The van der Waals surface area contributed by atoms with Crippen molar-refractivity contribution >= 4 is 22.5 Å². The fourth-order valence-electron chi connectivity index (χ4n) is 3.13. The molecule has 4 rings (SSSR count). The Morgan fingerprint density at radius 3 is 2.70 bits per heavy atom. The molecule has 5 nitrogen and oxygen atoms in total. The average molecular weight is 375 g/mol. The van der Waals surface area contributed by atoms with Crippen LogP contribution in [0.1, 0.15) is 27.5 Å². The van der Waals surface area contributed by atoms with Crippen LogP contribution in [0.3, 0.4) is 0 Å². The number of carbonyl (C=O) groups is 1. The number of nitrogens with zero attached hydrogens (tertiary/aromatic N) is 2. The second kappa shape index (κ2) is 6.38. The van der Waals surface area contributed by atoms with E-state index in [9.17, 15) is 18.0 Å². The fourth-order valence-corrected chi connectivity index (χ4v) is 3.13. The van der Waals surface area contributed by atoms with Crippen molar-refractivity contribution < 1.29 is 22.7 Å². The summed E-state index contributed by atoms with van der Waals surface area (Å²) in [4.78, 5) is 16.0. The smallest absolute Gasteiger partial charge is 0.380 e. The zero-order chi connectivity index (χ0) is 19.2. The maximum absolute atomic E-state index is 12.8. The Labute approximate surface area is 152 Å². The summed E-state index contributed by atoms with van der Waals surface area (Å²) in [7, 11) is 1.82. The second-order valence-electron chi connectivity index (χ2n) is 6.55. The molecule has 0 radical (unpaired) electrons. The lowest BCUT2D eigenvalue weighted by molar-refractivity contribution is -0.141. The van der Waals surface area contributed by atoms with Crippen molar-refractivity contribution in [3.05, 3.63) is 59.5 Å². The molecule has 0 spiro atoms. The minimum atomic E-state index is -4.57. The second-order valence-corrected chi connectivity index (χ2v) is 6.55. The molecule has 1 amide bonds. The Hall–Kier alpha value is -2.87. The predicted molar refractivity (Wildman–Crippen MR) is 93.7 cm³/mol. The standard InChI is InChI=1S/C19H16F3N3O2/c1-25-8-15(14-6-11(2-3-16(14)25)12-9-27-10-12)18(26)24-13-4-5-23-17(7-13)19(20,21)22/h2-8,12H,9-10H2,1H3,(H,23,24,26). The number of hydrogen-bond acceptors (Lipinski definition) is 3. The third-order valence-electron chi connectivity index (χ3n) is 4.68. The van der Waals surface area contributed by atoms with Gasteiger partial charge in [-0.1, -0.05) is 6.07 Å². The molecule has 0 atom stereocenters. The molecule has 3 aromatic rings. The molecule has 2 aromatic heterocycles. The summed E-state index contributed by atoms with van der Waals surface area (Å²) in [5.41, 5.74) is 1.35. The van der Waals surface area contributed by atoms with Crippen LogP contribution in [0.4, 0.5) is 18.9 Å². The highest BCUT2D eigenvalue weighted by Gasteiger charge is 2.32. The lowest BCUT2D eigenvalue weighted by Gasteiger charge is -2.26. The largest absolute Gasteiger partial charge is 0.433 e. The normalized spacial score (nSPS) is 15.0. The van der Waals surface area contributed by atoms with Crippen LogP contribution in [0.2, 0.25) is 0 Å². The van der Waals surface area contributed by atoms with Crippen molar-refractivity contribution in [2.24, 2.45) is 7.05 Å². The zero-order valence-corrected chi connectivity index (χ0v) is 14.4. The maximum Gasteiger partial charge on any atom is 0.433 e. The Morgan fingerprint density at radius 1 is 1.26 bits per heavy atom. The van der Waals surface area contributed by atoms with Crippen LogP contribution in [0.15, 0.2) is 42.7 Å². The van der Waals surface area contributed by atoms with Crippen LogP contribution in [0, 0.1) is 0 Å². The maximum atomic E-state index is 12.8. The number of rotatable bonds is 3. The molecule has 0 saturated carbocycles. The highest BCUT2D eigenvalue weighted by Crippen LogP contribution is 2.31. The molecule has 1 aromatic carbocycles. The molecule has 1 fully saturated rings.